The lowest BCUT2D eigenvalue weighted by atomic mass is 10.0. The number of carbonyl (C=O) groups is 1. The van der Waals surface area contributed by atoms with E-state index in [0.29, 0.717) is 11.9 Å². The second kappa shape index (κ2) is 5.67. The zero-order valence-corrected chi connectivity index (χ0v) is 10.4. The lowest BCUT2D eigenvalue weighted by molar-refractivity contribution is -0.134. The van der Waals surface area contributed by atoms with Crippen LogP contribution in [0, 0.1) is 5.92 Å². The molecule has 1 amide bonds. The summed E-state index contributed by atoms with van der Waals surface area (Å²) in [5.74, 6) is 1.21. The van der Waals surface area contributed by atoms with Gasteiger partial charge in [-0.2, -0.15) is 0 Å². The van der Waals surface area contributed by atoms with Crippen molar-refractivity contribution < 1.29 is 4.79 Å². The Morgan fingerprint density at radius 2 is 2.00 bits per heavy atom. The highest BCUT2D eigenvalue weighted by molar-refractivity contribution is 5.76. The van der Waals surface area contributed by atoms with Gasteiger partial charge >= 0.3 is 0 Å². The molecule has 1 aliphatic heterocycles. The summed E-state index contributed by atoms with van der Waals surface area (Å²) in [6, 6.07) is 0.473. The number of amides is 1. The zero-order valence-electron chi connectivity index (χ0n) is 10.4. The van der Waals surface area contributed by atoms with Gasteiger partial charge in [-0.05, 0) is 19.3 Å². The zero-order chi connectivity index (χ0) is 11.4. The first-order valence-electron chi connectivity index (χ1n) is 6.81. The number of hydrogen-bond acceptors (Lipinski definition) is 2. The highest BCUT2D eigenvalue weighted by atomic mass is 16.2. The molecule has 92 valence electrons. The van der Waals surface area contributed by atoms with Gasteiger partial charge in [0.15, 0.2) is 0 Å². The lowest BCUT2D eigenvalue weighted by Gasteiger charge is -2.37. The molecule has 1 heterocycles. The highest BCUT2D eigenvalue weighted by Gasteiger charge is 2.27. The van der Waals surface area contributed by atoms with Crippen molar-refractivity contribution in [1.29, 1.82) is 0 Å². The third-order valence-corrected chi connectivity index (χ3v) is 4.10. The van der Waals surface area contributed by atoms with E-state index in [4.69, 9.17) is 0 Å². The van der Waals surface area contributed by atoms with Crippen molar-refractivity contribution in [3.63, 3.8) is 0 Å². The molecule has 0 atom stereocenters. The van der Waals surface area contributed by atoms with Crippen LogP contribution in [0.3, 0.4) is 0 Å². The summed E-state index contributed by atoms with van der Waals surface area (Å²) in [5.41, 5.74) is 0. The van der Waals surface area contributed by atoms with Crippen LogP contribution in [0.4, 0.5) is 0 Å². The van der Waals surface area contributed by atoms with Crippen LogP contribution in [0.1, 0.15) is 45.4 Å². The largest absolute Gasteiger partial charge is 0.337 e. The van der Waals surface area contributed by atoms with Crippen molar-refractivity contribution in [2.24, 2.45) is 5.92 Å². The Balaban J connectivity index is 1.72. The third kappa shape index (κ3) is 2.76. The molecular formula is C13H24N2O. The first-order valence-corrected chi connectivity index (χ1v) is 6.81. The Labute approximate surface area is 98.6 Å². The fraction of sp³-hybridized carbons (Fsp3) is 0.923. The van der Waals surface area contributed by atoms with E-state index < -0.39 is 0 Å². The third-order valence-electron chi connectivity index (χ3n) is 4.10. The van der Waals surface area contributed by atoms with Crippen LogP contribution in [0.15, 0.2) is 0 Å². The lowest BCUT2D eigenvalue weighted by Crippen LogP contribution is -2.58. The summed E-state index contributed by atoms with van der Waals surface area (Å²) in [7, 11) is 0. The van der Waals surface area contributed by atoms with E-state index in [1.807, 2.05) is 0 Å². The normalized spacial score (nSPS) is 22.1. The van der Waals surface area contributed by atoms with E-state index >= 15 is 0 Å². The number of likely N-dealkylation sites (N-methyl/N-ethyl adjacent to an activating group) is 1. The molecule has 0 spiro atoms. The molecule has 0 bridgehead atoms. The Kier molecular flexibility index (Phi) is 4.22. The number of rotatable bonds is 5. The monoisotopic (exact) mass is 224 g/mol. The molecule has 0 aromatic carbocycles. The molecular weight excluding hydrogens is 200 g/mol. The highest BCUT2D eigenvalue weighted by Crippen LogP contribution is 2.28. The van der Waals surface area contributed by atoms with Gasteiger partial charge in [-0.15, -0.1) is 0 Å². The SMILES string of the molecule is CCN(C(=O)CCC1CCCC1)C1CNC1. The van der Waals surface area contributed by atoms with Gasteiger partial charge in [0.25, 0.3) is 0 Å². The topological polar surface area (TPSA) is 32.3 Å². The molecule has 1 N–H and O–H groups in total. The number of nitrogens with zero attached hydrogens (tertiary/aromatic N) is 1. The summed E-state index contributed by atoms with van der Waals surface area (Å²) >= 11 is 0. The predicted molar refractivity (Wildman–Crippen MR) is 65.2 cm³/mol. The molecule has 0 radical (unpaired) electrons. The van der Waals surface area contributed by atoms with Crippen molar-refractivity contribution in [3.8, 4) is 0 Å². The van der Waals surface area contributed by atoms with Gasteiger partial charge in [0.05, 0.1) is 6.04 Å². The molecule has 16 heavy (non-hydrogen) atoms. The second-order valence-electron chi connectivity index (χ2n) is 5.18. The average molecular weight is 224 g/mol. The fourth-order valence-electron chi connectivity index (χ4n) is 2.90. The van der Waals surface area contributed by atoms with Crippen LogP contribution in [0.2, 0.25) is 0 Å². The summed E-state index contributed by atoms with van der Waals surface area (Å²) in [4.78, 5) is 14.1. The van der Waals surface area contributed by atoms with Gasteiger partial charge in [0.2, 0.25) is 5.91 Å². The number of carbonyl (C=O) groups excluding carboxylic acids is 1. The summed E-state index contributed by atoms with van der Waals surface area (Å²) in [6.45, 7) is 4.94. The standard InChI is InChI=1S/C13H24N2O/c1-2-15(12-9-14-10-12)13(16)8-7-11-5-3-4-6-11/h11-12,14H,2-10H2,1H3. The summed E-state index contributed by atoms with van der Waals surface area (Å²) in [5, 5.41) is 3.23. The minimum atomic E-state index is 0.376. The maximum atomic E-state index is 12.1. The van der Waals surface area contributed by atoms with Gasteiger partial charge in [-0.25, -0.2) is 0 Å². The van der Waals surface area contributed by atoms with Gasteiger partial charge in [0.1, 0.15) is 0 Å². The maximum Gasteiger partial charge on any atom is 0.222 e. The number of nitrogens with one attached hydrogen (secondary N) is 1. The average Bonchev–Trinajstić information content (AvgIpc) is 2.72. The maximum absolute atomic E-state index is 12.1. The molecule has 2 rings (SSSR count). The van der Waals surface area contributed by atoms with Crippen molar-refractivity contribution in [1.82, 2.24) is 10.2 Å². The van der Waals surface area contributed by atoms with E-state index in [9.17, 15) is 4.79 Å². The Bertz CT molecular complexity index is 232. The van der Waals surface area contributed by atoms with E-state index in [1.54, 1.807) is 0 Å². The van der Waals surface area contributed by atoms with Gasteiger partial charge in [-0.1, -0.05) is 25.7 Å². The summed E-state index contributed by atoms with van der Waals surface area (Å²) < 4.78 is 0. The Morgan fingerprint density at radius 1 is 1.31 bits per heavy atom. The number of hydrogen-bond donors (Lipinski definition) is 1. The van der Waals surface area contributed by atoms with Crippen LogP contribution >= 0.6 is 0 Å². The molecule has 3 heteroatoms. The van der Waals surface area contributed by atoms with E-state index in [2.05, 4.69) is 17.1 Å². The summed E-state index contributed by atoms with van der Waals surface area (Å²) in [6.07, 6.45) is 7.35. The molecule has 2 fully saturated rings. The van der Waals surface area contributed by atoms with E-state index in [0.717, 1.165) is 38.4 Å². The first-order chi connectivity index (χ1) is 7.81. The van der Waals surface area contributed by atoms with Crippen molar-refractivity contribution in [2.75, 3.05) is 19.6 Å². The van der Waals surface area contributed by atoms with Crippen LogP contribution in [0.5, 0.6) is 0 Å². The minimum Gasteiger partial charge on any atom is -0.337 e. The molecule has 1 saturated heterocycles. The fourth-order valence-corrected chi connectivity index (χ4v) is 2.90. The minimum absolute atomic E-state index is 0.376. The first kappa shape index (κ1) is 11.9. The van der Waals surface area contributed by atoms with Crippen LogP contribution < -0.4 is 5.32 Å². The van der Waals surface area contributed by atoms with Crippen LogP contribution in [-0.2, 0) is 4.79 Å². The Hall–Kier alpha value is -0.570. The molecule has 0 unspecified atom stereocenters. The molecule has 0 aromatic heterocycles. The van der Waals surface area contributed by atoms with Crippen LogP contribution in [-0.4, -0.2) is 36.5 Å². The van der Waals surface area contributed by atoms with Gasteiger partial charge in [0, 0.05) is 26.1 Å². The quantitative estimate of drug-likeness (QED) is 0.772. The smallest absolute Gasteiger partial charge is 0.222 e. The van der Waals surface area contributed by atoms with Crippen LogP contribution in [0.25, 0.3) is 0 Å². The van der Waals surface area contributed by atoms with Crippen molar-refractivity contribution in [2.45, 2.75) is 51.5 Å². The predicted octanol–water partition coefficient (Wildman–Crippen LogP) is 1.78. The van der Waals surface area contributed by atoms with Crippen molar-refractivity contribution >= 4 is 5.91 Å². The Morgan fingerprint density at radius 3 is 2.50 bits per heavy atom. The van der Waals surface area contributed by atoms with Crippen molar-refractivity contribution in [3.05, 3.63) is 0 Å². The molecule has 1 aliphatic carbocycles. The molecule has 2 aliphatic rings. The van der Waals surface area contributed by atoms with Gasteiger partial charge in [-0.3, -0.25) is 4.79 Å². The molecule has 3 nitrogen and oxygen atoms in total. The second-order valence-corrected chi connectivity index (χ2v) is 5.18. The van der Waals surface area contributed by atoms with Gasteiger partial charge < -0.3 is 10.2 Å². The molecule has 1 saturated carbocycles. The van der Waals surface area contributed by atoms with E-state index in [-0.39, 0.29) is 0 Å². The molecule has 0 aromatic rings. The van der Waals surface area contributed by atoms with E-state index in [1.165, 1.54) is 25.7 Å².